The summed E-state index contributed by atoms with van der Waals surface area (Å²) in [6, 6.07) is 6.40. The molecule has 1 aromatic heterocycles. The van der Waals surface area contributed by atoms with Gasteiger partial charge >= 0.3 is 0 Å². The summed E-state index contributed by atoms with van der Waals surface area (Å²) in [5.74, 6) is 0.0206. The van der Waals surface area contributed by atoms with Crippen molar-refractivity contribution in [3.8, 4) is 0 Å². The van der Waals surface area contributed by atoms with Crippen LogP contribution in [0.4, 0.5) is 0 Å². The summed E-state index contributed by atoms with van der Waals surface area (Å²) in [7, 11) is -3.86. The van der Waals surface area contributed by atoms with E-state index in [1.807, 2.05) is 43.0 Å². The topological polar surface area (TPSA) is 83.7 Å². The van der Waals surface area contributed by atoms with Gasteiger partial charge in [0.1, 0.15) is 5.69 Å². The Morgan fingerprint density at radius 2 is 1.91 bits per heavy atom. The third-order valence-electron chi connectivity index (χ3n) is 7.40. The summed E-state index contributed by atoms with van der Waals surface area (Å²) >= 11 is 0. The van der Waals surface area contributed by atoms with E-state index in [1.165, 1.54) is 4.31 Å². The maximum Gasteiger partial charge on any atom is 0.248 e. The molecule has 190 valence electrons. The first-order valence-electron chi connectivity index (χ1n) is 12.7. The van der Waals surface area contributed by atoms with E-state index in [0.717, 1.165) is 55.3 Å². The van der Waals surface area contributed by atoms with E-state index < -0.39 is 10.0 Å². The molecule has 0 unspecified atom stereocenters. The third kappa shape index (κ3) is 5.38. The predicted molar refractivity (Wildman–Crippen MR) is 137 cm³/mol. The Hall–Kier alpha value is -2.45. The number of aromatic nitrogens is 1. The molecule has 7 nitrogen and oxygen atoms in total. The smallest absolute Gasteiger partial charge is 0.248 e. The van der Waals surface area contributed by atoms with Crippen LogP contribution in [0.15, 0.2) is 27.6 Å². The summed E-state index contributed by atoms with van der Waals surface area (Å²) in [6.45, 7) is 9.18. The lowest BCUT2D eigenvalue weighted by Crippen LogP contribution is -2.51. The quantitative estimate of drug-likeness (QED) is 0.561. The number of benzene rings is 1. The Morgan fingerprint density at radius 3 is 2.69 bits per heavy atom. The van der Waals surface area contributed by atoms with Gasteiger partial charge in [0, 0.05) is 25.7 Å². The molecule has 2 aliphatic heterocycles. The Balaban J connectivity index is 1.57. The average molecular weight is 500 g/mol. The highest BCUT2D eigenvalue weighted by Gasteiger charge is 2.39. The minimum atomic E-state index is -3.86. The second-order valence-electron chi connectivity index (χ2n) is 9.95. The van der Waals surface area contributed by atoms with E-state index in [-0.39, 0.29) is 35.1 Å². The van der Waals surface area contributed by atoms with Crippen molar-refractivity contribution in [1.29, 1.82) is 0 Å². The molecule has 4 rings (SSSR count). The molecule has 0 aliphatic carbocycles. The molecule has 1 amide bonds. The van der Waals surface area contributed by atoms with Gasteiger partial charge in [-0.15, -0.1) is 0 Å². The van der Waals surface area contributed by atoms with Crippen LogP contribution in [0.1, 0.15) is 73.6 Å². The molecule has 0 spiro atoms. The van der Waals surface area contributed by atoms with E-state index in [0.29, 0.717) is 18.7 Å². The molecule has 0 saturated carbocycles. The SMILES string of the molecule is CC[C@@H]1CCCCN1C(=O)[C@@H]1CCCN(S(=O)(=O)c2c(C)noc2/C=C/c2cc(C)ccc2C)C1. The molecule has 0 radical (unpaired) electrons. The normalized spacial score (nSPS) is 22.1. The highest BCUT2D eigenvalue weighted by molar-refractivity contribution is 7.89. The van der Waals surface area contributed by atoms with Crippen molar-refractivity contribution in [1.82, 2.24) is 14.4 Å². The van der Waals surface area contributed by atoms with Crippen LogP contribution >= 0.6 is 0 Å². The van der Waals surface area contributed by atoms with Crippen molar-refractivity contribution >= 4 is 28.1 Å². The monoisotopic (exact) mass is 499 g/mol. The first-order valence-corrected chi connectivity index (χ1v) is 14.2. The van der Waals surface area contributed by atoms with Crippen LogP contribution in [-0.2, 0) is 14.8 Å². The van der Waals surface area contributed by atoms with E-state index in [2.05, 4.69) is 12.1 Å². The molecule has 8 heteroatoms. The van der Waals surface area contributed by atoms with Gasteiger partial charge in [-0.1, -0.05) is 41.9 Å². The largest absolute Gasteiger partial charge is 0.355 e. The van der Waals surface area contributed by atoms with Crippen molar-refractivity contribution in [2.45, 2.75) is 77.2 Å². The van der Waals surface area contributed by atoms with Gasteiger partial charge in [0.15, 0.2) is 10.7 Å². The van der Waals surface area contributed by atoms with Crippen molar-refractivity contribution in [3.05, 3.63) is 46.3 Å². The van der Waals surface area contributed by atoms with Crippen LogP contribution in [0.2, 0.25) is 0 Å². The number of likely N-dealkylation sites (tertiary alicyclic amines) is 1. The summed E-state index contributed by atoms with van der Waals surface area (Å²) in [5.41, 5.74) is 3.55. The Morgan fingerprint density at radius 1 is 1.11 bits per heavy atom. The van der Waals surface area contributed by atoms with Gasteiger partial charge in [-0.25, -0.2) is 8.42 Å². The summed E-state index contributed by atoms with van der Waals surface area (Å²) in [4.78, 5) is 15.5. The number of carbonyl (C=O) groups is 1. The van der Waals surface area contributed by atoms with Crippen molar-refractivity contribution in [3.63, 3.8) is 0 Å². The van der Waals surface area contributed by atoms with Crippen LogP contribution < -0.4 is 0 Å². The van der Waals surface area contributed by atoms with Gasteiger partial charge in [0.25, 0.3) is 0 Å². The number of hydrogen-bond donors (Lipinski definition) is 0. The van der Waals surface area contributed by atoms with Gasteiger partial charge < -0.3 is 9.42 Å². The number of piperidine rings is 2. The van der Waals surface area contributed by atoms with Gasteiger partial charge in [-0.2, -0.15) is 4.31 Å². The lowest BCUT2D eigenvalue weighted by atomic mass is 9.93. The minimum Gasteiger partial charge on any atom is -0.355 e. The van der Waals surface area contributed by atoms with Gasteiger partial charge in [-0.3, -0.25) is 4.79 Å². The average Bonchev–Trinajstić information content (AvgIpc) is 3.25. The second kappa shape index (κ2) is 10.7. The van der Waals surface area contributed by atoms with Crippen LogP contribution in [-0.4, -0.2) is 54.4 Å². The second-order valence-corrected chi connectivity index (χ2v) is 11.8. The lowest BCUT2D eigenvalue weighted by molar-refractivity contribution is -0.140. The van der Waals surface area contributed by atoms with Crippen LogP contribution in [0.5, 0.6) is 0 Å². The molecule has 35 heavy (non-hydrogen) atoms. The van der Waals surface area contributed by atoms with Crippen molar-refractivity contribution in [2.75, 3.05) is 19.6 Å². The molecule has 2 fully saturated rings. The van der Waals surface area contributed by atoms with Gasteiger partial charge in [0.05, 0.1) is 5.92 Å². The summed E-state index contributed by atoms with van der Waals surface area (Å²) in [6.07, 6.45) is 9.08. The van der Waals surface area contributed by atoms with E-state index >= 15 is 0 Å². The number of nitrogens with zero attached hydrogens (tertiary/aromatic N) is 3. The molecule has 2 atom stereocenters. The number of aryl methyl sites for hydroxylation is 3. The summed E-state index contributed by atoms with van der Waals surface area (Å²) in [5, 5.41) is 3.97. The molecule has 3 heterocycles. The minimum absolute atomic E-state index is 0.0940. The number of carbonyl (C=O) groups excluding carboxylic acids is 1. The van der Waals surface area contributed by atoms with Crippen molar-refractivity contribution in [2.24, 2.45) is 5.92 Å². The fourth-order valence-electron chi connectivity index (χ4n) is 5.34. The molecule has 2 saturated heterocycles. The third-order valence-corrected chi connectivity index (χ3v) is 9.42. The standard InChI is InChI=1S/C27H37N3O4S/c1-5-24-10-6-7-16-30(24)27(31)23-9-8-15-29(18-23)35(32,33)26-21(4)28-34-25(26)14-13-22-17-19(2)11-12-20(22)3/h11-14,17,23-24H,5-10,15-16,18H2,1-4H3/b14-13+/t23-,24-/m1/s1. The summed E-state index contributed by atoms with van der Waals surface area (Å²) < 4.78 is 34.4. The van der Waals surface area contributed by atoms with E-state index in [4.69, 9.17) is 4.52 Å². The molecule has 0 bridgehead atoms. The molecule has 2 aromatic rings. The zero-order valence-corrected chi connectivity index (χ0v) is 22.1. The maximum absolute atomic E-state index is 13.8. The Kier molecular flexibility index (Phi) is 7.81. The molecule has 2 aliphatic rings. The Bertz CT molecular complexity index is 1200. The predicted octanol–water partition coefficient (Wildman–Crippen LogP) is 4.96. The molecule has 0 N–H and O–H groups in total. The first kappa shape index (κ1) is 25.6. The fraction of sp³-hybridized carbons (Fsp3) is 0.556. The maximum atomic E-state index is 13.8. The zero-order chi connectivity index (χ0) is 25.2. The molecular weight excluding hydrogens is 462 g/mol. The van der Waals surface area contributed by atoms with E-state index in [1.54, 1.807) is 13.0 Å². The van der Waals surface area contributed by atoms with Crippen LogP contribution in [0.25, 0.3) is 12.2 Å². The van der Waals surface area contributed by atoms with Gasteiger partial charge in [-0.05, 0) is 76.5 Å². The molecular formula is C27H37N3O4S. The van der Waals surface area contributed by atoms with E-state index in [9.17, 15) is 13.2 Å². The highest BCUT2D eigenvalue weighted by Crippen LogP contribution is 2.31. The van der Waals surface area contributed by atoms with Gasteiger partial charge in [0.2, 0.25) is 15.9 Å². The zero-order valence-electron chi connectivity index (χ0n) is 21.3. The number of amides is 1. The van der Waals surface area contributed by atoms with Crippen LogP contribution in [0, 0.1) is 26.7 Å². The first-order chi connectivity index (χ1) is 16.7. The van der Waals surface area contributed by atoms with Crippen LogP contribution in [0.3, 0.4) is 0 Å². The fourth-order valence-corrected chi connectivity index (χ4v) is 7.12. The lowest BCUT2D eigenvalue weighted by Gasteiger charge is -2.40. The Labute approximate surface area is 209 Å². The van der Waals surface area contributed by atoms with Crippen molar-refractivity contribution < 1.29 is 17.7 Å². The number of hydrogen-bond acceptors (Lipinski definition) is 5. The number of rotatable bonds is 6. The number of sulfonamides is 1. The highest BCUT2D eigenvalue weighted by atomic mass is 32.2. The molecule has 1 aromatic carbocycles.